The summed E-state index contributed by atoms with van der Waals surface area (Å²) in [6, 6.07) is 20.1. The van der Waals surface area contributed by atoms with Gasteiger partial charge in [0.05, 0.1) is 0 Å². The van der Waals surface area contributed by atoms with E-state index in [1.165, 1.54) is 17.3 Å². The van der Waals surface area contributed by atoms with Gasteiger partial charge in [-0.2, -0.15) is 0 Å². The Hall–Kier alpha value is -1.74. The lowest BCUT2D eigenvalue weighted by Crippen LogP contribution is -2.17. The van der Waals surface area contributed by atoms with Crippen molar-refractivity contribution in [1.82, 2.24) is 0 Å². The Morgan fingerprint density at radius 1 is 0.895 bits per heavy atom. The van der Waals surface area contributed by atoms with Crippen molar-refractivity contribution in [3.8, 4) is 0 Å². The average molecular weight is 270 g/mol. The first kappa shape index (κ1) is 12.3. The van der Waals surface area contributed by atoms with Crippen molar-refractivity contribution < 1.29 is 9.53 Å². The van der Waals surface area contributed by atoms with Gasteiger partial charge in [0, 0.05) is 11.7 Å². The zero-order valence-electron chi connectivity index (χ0n) is 10.4. The largest absolute Gasteiger partial charge is 0.449 e. The summed E-state index contributed by atoms with van der Waals surface area (Å²) in [5.41, 5.74) is 2.25. The molecule has 1 heterocycles. The number of hydrogen-bond acceptors (Lipinski definition) is 3. The van der Waals surface area contributed by atoms with Gasteiger partial charge in [0.15, 0.2) is 0 Å². The third-order valence-electron chi connectivity index (χ3n) is 3.25. The van der Waals surface area contributed by atoms with E-state index in [0.717, 1.165) is 12.0 Å². The van der Waals surface area contributed by atoms with Crippen molar-refractivity contribution in [1.29, 1.82) is 0 Å². The monoisotopic (exact) mass is 270 g/mol. The van der Waals surface area contributed by atoms with Crippen LogP contribution in [0.15, 0.2) is 60.7 Å². The molecule has 2 aromatic carbocycles. The van der Waals surface area contributed by atoms with Crippen LogP contribution >= 0.6 is 11.8 Å². The SMILES string of the molecule is O=C1O[C@H](c2ccccc2)C[C@@H](c2ccccc2)S1. The van der Waals surface area contributed by atoms with Crippen molar-refractivity contribution in [3.63, 3.8) is 0 Å². The fourth-order valence-electron chi connectivity index (χ4n) is 2.29. The number of ether oxygens (including phenoxy) is 1. The van der Waals surface area contributed by atoms with Gasteiger partial charge in [0.2, 0.25) is 0 Å². The van der Waals surface area contributed by atoms with Gasteiger partial charge in [-0.1, -0.05) is 60.7 Å². The maximum Gasteiger partial charge on any atom is 0.368 e. The van der Waals surface area contributed by atoms with Crippen LogP contribution in [0, 0.1) is 0 Å². The minimum atomic E-state index is -0.186. The normalized spacial score (nSPS) is 22.8. The van der Waals surface area contributed by atoms with Gasteiger partial charge in [0.25, 0.3) is 0 Å². The fourth-order valence-corrected chi connectivity index (χ4v) is 3.26. The highest BCUT2D eigenvalue weighted by Crippen LogP contribution is 2.44. The number of cyclic esters (lactones) is 1. The Bertz CT molecular complexity index is 504. The molecule has 1 fully saturated rings. The molecule has 96 valence electrons. The van der Waals surface area contributed by atoms with Gasteiger partial charge in [-0.15, -0.1) is 0 Å². The van der Waals surface area contributed by atoms with Crippen LogP contribution in [-0.2, 0) is 4.74 Å². The third-order valence-corrected chi connectivity index (χ3v) is 4.29. The molecule has 2 aromatic rings. The number of carbonyl (C=O) groups is 1. The van der Waals surface area contributed by atoms with E-state index in [2.05, 4.69) is 12.1 Å². The first-order valence-electron chi connectivity index (χ1n) is 6.30. The van der Waals surface area contributed by atoms with Crippen LogP contribution in [0.2, 0.25) is 0 Å². The van der Waals surface area contributed by atoms with Crippen LogP contribution in [-0.4, -0.2) is 5.30 Å². The quantitative estimate of drug-likeness (QED) is 0.737. The Morgan fingerprint density at radius 3 is 2.11 bits per heavy atom. The zero-order chi connectivity index (χ0) is 13.1. The summed E-state index contributed by atoms with van der Waals surface area (Å²) < 4.78 is 5.45. The highest BCUT2D eigenvalue weighted by atomic mass is 32.2. The summed E-state index contributed by atoms with van der Waals surface area (Å²) in [6.07, 6.45) is 0.685. The Morgan fingerprint density at radius 2 is 1.47 bits per heavy atom. The van der Waals surface area contributed by atoms with E-state index in [-0.39, 0.29) is 16.7 Å². The molecule has 0 saturated carbocycles. The molecule has 2 atom stereocenters. The molecule has 3 heteroatoms. The van der Waals surface area contributed by atoms with Gasteiger partial charge < -0.3 is 4.74 Å². The maximum atomic E-state index is 11.8. The first-order chi connectivity index (χ1) is 9.33. The van der Waals surface area contributed by atoms with E-state index < -0.39 is 0 Å². The average Bonchev–Trinajstić information content (AvgIpc) is 2.48. The van der Waals surface area contributed by atoms with E-state index in [1.54, 1.807) is 0 Å². The molecule has 1 saturated heterocycles. The molecule has 3 rings (SSSR count). The number of hydrogen-bond donors (Lipinski definition) is 0. The van der Waals surface area contributed by atoms with Crippen molar-refractivity contribution >= 4 is 17.1 Å². The predicted molar refractivity (Wildman–Crippen MR) is 77.1 cm³/mol. The van der Waals surface area contributed by atoms with Crippen LogP contribution in [0.1, 0.15) is 28.9 Å². The molecule has 0 amide bonds. The topological polar surface area (TPSA) is 26.3 Å². The molecule has 0 N–H and O–H groups in total. The fraction of sp³-hybridized carbons (Fsp3) is 0.188. The molecular formula is C16H14O2S. The molecule has 0 aromatic heterocycles. The maximum absolute atomic E-state index is 11.8. The molecule has 2 nitrogen and oxygen atoms in total. The van der Waals surface area contributed by atoms with Crippen molar-refractivity contribution in [2.75, 3.05) is 0 Å². The summed E-state index contributed by atoms with van der Waals surface area (Å²) in [5, 5.41) is -0.0124. The molecule has 19 heavy (non-hydrogen) atoms. The summed E-state index contributed by atoms with van der Waals surface area (Å²) >= 11 is 1.28. The molecule has 0 bridgehead atoms. The lowest BCUT2D eigenvalue weighted by Gasteiger charge is -2.28. The standard InChI is InChI=1S/C16H14O2S/c17-16-18-14(12-7-3-1-4-8-12)11-15(19-16)13-9-5-2-6-10-13/h1-10,14-15H,11H2/t14-,15-/m0/s1. The molecule has 0 unspecified atom stereocenters. The van der Waals surface area contributed by atoms with Crippen LogP contribution in [0.5, 0.6) is 0 Å². The molecule has 0 radical (unpaired) electrons. The lowest BCUT2D eigenvalue weighted by atomic mass is 10.0. The Labute approximate surface area is 116 Å². The second-order valence-corrected chi connectivity index (χ2v) is 5.66. The van der Waals surface area contributed by atoms with Gasteiger partial charge >= 0.3 is 5.30 Å². The highest BCUT2D eigenvalue weighted by Gasteiger charge is 2.31. The number of rotatable bonds is 2. The zero-order valence-corrected chi connectivity index (χ0v) is 11.2. The van der Waals surface area contributed by atoms with Gasteiger partial charge in [-0.05, 0) is 22.9 Å². The minimum Gasteiger partial charge on any atom is -0.449 e. The van der Waals surface area contributed by atoms with Gasteiger partial charge in [-0.25, -0.2) is 4.79 Å². The molecule has 1 aliphatic rings. The number of benzene rings is 2. The van der Waals surface area contributed by atoms with Gasteiger partial charge in [0.1, 0.15) is 6.10 Å². The van der Waals surface area contributed by atoms with Crippen LogP contribution in [0.3, 0.4) is 0 Å². The van der Waals surface area contributed by atoms with E-state index >= 15 is 0 Å². The number of thioether (sulfide) groups is 1. The van der Waals surface area contributed by atoms with E-state index in [9.17, 15) is 4.79 Å². The summed E-state index contributed by atoms with van der Waals surface area (Å²) in [6.45, 7) is 0. The molecule has 1 aliphatic heterocycles. The van der Waals surface area contributed by atoms with Crippen molar-refractivity contribution in [3.05, 3.63) is 71.8 Å². The van der Waals surface area contributed by atoms with Gasteiger partial charge in [-0.3, -0.25) is 0 Å². The van der Waals surface area contributed by atoms with Crippen molar-refractivity contribution in [2.45, 2.75) is 17.8 Å². The molecule has 0 spiro atoms. The summed E-state index contributed by atoms with van der Waals surface area (Å²) in [7, 11) is 0. The highest BCUT2D eigenvalue weighted by molar-refractivity contribution is 8.13. The van der Waals surface area contributed by atoms with E-state index in [4.69, 9.17) is 4.74 Å². The second-order valence-electron chi connectivity index (χ2n) is 4.52. The van der Waals surface area contributed by atoms with Crippen LogP contribution < -0.4 is 0 Å². The third kappa shape index (κ3) is 2.82. The second kappa shape index (κ2) is 5.49. The summed E-state index contributed by atoms with van der Waals surface area (Å²) in [5.74, 6) is 0. The lowest BCUT2D eigenvalue weighted by molar-refractivity contribution is 0.111. The predicted octanol–water partition coefficient (Wildman–Crippen LogP) is 4.74. The van der Waals surface area contributed by atoms with Crippen LogP contribution in [0.4, 0.5) is 4.79 Å². The molecule has 0 aliphatic carbocycles. The van der Waals surface area contributed by atoms with Crippen LogP contribution in [0.25, 0.3) is 0 Å². The number of carbonyl (C=O) groups excluding carboxylic acids is 1. The van der Waals surface area contributed by atoms with E-state index in [1.807, 2.05) is 48.5 Å². The molecular weight excluding hydrogens is 256 g/mol. The summed E-state index contributed by atoms with van der Waals surface area (Å²) in [4.78, 5) is 11.8. The minimum absolute atomic E-state index is 0.139. The van der Waals surface area contributed by atoms with Crippen molar-refractivity contribution in [2.24, 2.45) is 0 Å². The smallest absolute Gasteiger partial charge is 0.368 e. The van der Waals surface area contributed by atoms with E-state index in [0.29, 0.717) is 0 Å². The first-order valence-corrected chi connectivity index (χ1v) is 7.18. The Balaban J connectivity index is 1.84. The Kier molecular flexibility index (Phi) is 3.56.